The minimum atomic E-state index is -0.484. The van der Waals surface area contributed by atoms with Crippen molar-refractivity contribution in [3.63, 3.8) is 0 Å². The number of rotatable bonds is 5. The van der Waals surface area contributed by atoms with Gasteiger partial charge < -0.3 is 5.32 Å². The van der Waals surface area contributed by atoms with Gasteiger partial charge in [-0.15, -0.1) is 5.10 Å². The molecular weight excluding hydrogens is 379 g/mol. The molecule has 1 fully saturated rings. The molecule has 10 heteroatoms. The highest BCUT2D eigenvalue weighted by Gasteiger charge is 2.17. The molecule has 2 aromatic rings. The molecule has 0 aliphatic carbocycles. The number of amidine groups is 1. The maximum Gasteiger partial charge on any atom is 0.283 e. The molecule has 1 aliphatic rings. The van der Waals surface area contributed by atoms with E-state index in [1.54, 1.807) is 24.3 Å². The maximum atomic E-state index is 13.0. The molecule has 7 nitrogen and oxygen atoms in total. The van der Waals surface area contributed by atoms with E-state index < -0.39 is 4.92 Å². The van der Waals surface area contributed by atoms with Gasteiger partial charge >= 0.3 is 0 Å². The van der Waals surface area contributed by atoms with Crippen molar-refractivity contribution in [2.75, 3.05) is 5.75 Å². The number of thioether (sulfide) groups is 1. The van der Waals surface area contributed by atoms with Crippen molar-refractivity contribution < 1.29 is 14.1 Å². The zero-order valence-electron chi connectivity index (χ0n) is 13.1. The largest absolute Gasteiger partial charge is 0.303 e. The molecule has 132 valence electrons. The Morgan fingerprint density at radius 3 is 2.69 bits per heavy atom. The second-order valence-corrected chi connectivity index (χ2v) is 7.11. The van der Waals surface area contributed by atoms with Crippen LogP contribution in [0.3, 0.4) is 0 Å². The second-order valence-electron chi connectivity index (χ2n) is 5.03. The molecule has 1 amide bonds. The first-order valence-electron chi connectivity index (χ1n) is 7.27. The van der Waals surface area contributed by atoms with Crippen LogP contribution in [0.15, 0.2) is 62.5 Å². The molecule has 26 heavy (non-hydrogen) atoms. The lowest BCUT2D eigenvalue weighted by Gasteiger charge is -2.04. The highest BCUT2D eigenvalue weighted by molar-refractivity contribution is 8.15. The number of nitrogens with zero attached hydrogens (tertiary/aromatic N) is 3. The summed E-state index contributed by atoms with van der Waals surface area (Å²) in [5.74, 6) is -0.204. The van der Waals surface area contributed by atoms with E-state index in [9.17, 15) is 19.3 Å². The van der Waals surface area contributed by atoms with E-state index in [1.807, 2.05) is 0 Å². The Bertz CT molecular complexity index is 916. The van der Waals surface area contributed by atoms with E-state index in [2.05, 4.69) is 15.5 Å². The Kier molecular flexibility index (Phi) is 5.64. The third-order valence-corrected chi connectivity index (χ3v) is 5.10. The number of amides is 1. The standard InChI is InChI=1S/C16H11FN4O3S2/c17-11-2-4-12(5-3-11)26-14-6-1-10(7-13(14)21(23)24)8-18-20-16-19-15(22)9-25-16/h1-8H,9H2,(H,19,20,22). The number of carbonyl (C=O) groups is 1. The third-order valence-electron chi connectivity index (χ3n) is 3.16. The van der Waals surface area contributed by atoms with E-state index in [-0.39, 0.29) is 17.4 Å². The molecule has 0 atom stereocenters. The summed E-state index contributed by atoms with van der Waals surface area (Å²) >= 11 is 2.41. The van der Waals surface area contributed by atoms with Gasteiger partial charge in [0.1, 0.15) is 5.82 Å². The smallest absolute Gasteiger partial charge is 0.283 e. The maximum absolute atomic E-state index is 13.0. The van der Waals surface area contributed by atoms with Gasteiger partial charge in [-0.25, -0.2) is 4.39 Å². The molecule has 0 bridgehead atoms. The SMILES string of the molecule is O=C1CSC(=NN=Cc2ccc(Sc3ccc(F)cc3)c([N+](=O)[O-])c2)N1. The third kappa shape index (κ3) is 4.67. The van der Waals surface area contributed by atoms with Gasteiger partial charge in [-0.2, -0.15) is 5.10 Å². The lowest BCUT2D eigenvalue weighted by atomic mass is 10.2. The Balaban J connectivity index is 1.79. The van der Waals surface area contributed by atoms with Gasteiger partial charge in [0.2, 0.25) is 5.91 Å². The number of nitro benzene ring substituents is 1. The summed E-state index contributed by atoms with van der Waals surface area (Å²) in [6.07, 6.45) is 1.37. The van der Waals surface area contributed by atoms with Crippen molar-refractivity contribution >= 4 is 46.5 Å². The van der Waals surface area contributed by atoms with Crippen LogP contribution in [0, 0.1) is 15.9 Å². The van der Waals surface area contributed by atoms with E-state index in [1.165, 1.54) is 47.9 Å². The van der Waals surface area contributed by atoms with E-state index >= 15 is 0 Å². The van der Waals surface area contributed by atoms with Crippen LogP contribution in [0.25, 0.3) is 0 Å². The Morgan fingerprint density at radius 2 is 2.04 bits per heavy atom. The van der Waals surface area contributed by atoms with E-state index in [4.69, 9.17) is 0 Å². The molecule has 3 rings (SSSR count). The molecule has 2 aromatic carbocycles. The van der Waals surface area contributed by atoms with Gasteiger partial charge in [0.15, 0.2) is 5.17 Å². The predicted octanol–water partition coefficient (Wildman–Crippen LogP) is 3.44. The van der Waals surface area contributed by atoms with Crippen molar-refractivity contribution in [3.8, 4) is 0 Å². The van der Waals surface area contributed by atoms with Crippen molar-refractivity contribution in [1.82, 2.24) is 5.32 Å². The molecule has 1 N–H and O–H groups in total. The Morgan fingerprint density at radius 1 is 1.27 bits per heavy atom. The first-order chi connectivity index (χ1) is 12.5. The average molecular weight is 390 g/mol. The van der Waals surface area contributed by atoms with Gasteiger partial charge in [0.25, 0.3) is 5.69 Å². The van der Waals surface area contributed by atoms with Gasteiger partial charge in [-0.3, -0.25) is 14.9 Å². The second kappa shape index (κ2) is 8.11. The normalized spacial score (nSPS) is 15.6. The molecule has 0 unspecified atom stereocenters. The zero-order valence-corrected chi connectivity index (χ0v) is 14.7. The molecule has 0 radical (unpaired) electrons. The summed E-state index contributed by atoms with van der Waals surface area (Å²) in [5.41, 5.74) is 0.415. The fourth-order valence-electron chi connectivity index (χ4n) is 2.00. The first-order valence-corrected chi connectivity index (χ1v) is 9.07. The average Bonchev–Trinajstić information content (AvgIpc) is 3.03. The van der Waals surface area contributed by atoms with Crippen LogP contribution in [-0.2, 0) is 4.79 Å². The number of nitrogens with one attached hydrogen (secondary N) is 1. The molecular formula is C16H11FN4O3S2. The lowest BCUT2D eigenvalue weighted by Crippen LogP contribution is -2.19. The molecule has 1 saturated heterocycles. The highest BCUT2D eigenvalue weighted by Crippen LogP contribution is 2.35. The van der Waals surface area contributed by atoms with Crippen LogP contribution in [0.1, 0.15) is 5.56 Å². The van der Waals surface area contributed by atoms with Crippen molar-refractivity contribution in [2.24, 2.45) is 10.2 Å². The summed E-state index contributed by atoms with van der Waals surface area (Å²) in [6, 6.07) is 10.4. The zero-order chi connectivity index (χ0) is 18.5. The van der Waals surface area contributed by atoms with Gasteiger partial charge in [0.05, 0.1) is 21.8 Å². The molecule has 0 saturated carbocycles. The highest BCUT2D eigenvalue weighted by atomic mass is 32.2. The van der Waals surface area contributed by atoms with E-state index in [0.29, 0.717) is 26.3 Å². The molecule has 1 aliphatic heterocycles. The monoisotopic (exact) mass is 390 g/mol. The molecule has 0 spiro atoms. The summed E-state index contributed by atoms with van der Waals surface area (Å²) in [5, 5.41) is 22.0. The molecule has 1 heterocycles. The summed E-state index contributed by atoms with van der Waals surface area (Å²) in [4.78, 5) is 23.0. The predicted molar refractivity (Wildman–Crippen MR) is 99.2 cm³/mol. The lowest BCUT2D eigenvalue weighted by molar-refractivity contribution is -0.387. The quantitative estimate of drug-likeness (QED) is 0.479. The Hall–Kier alpha value is -2.72. The van der Waals surface area contributed by atoms with Crippen LogP contribution in [0.5, 0.6) is 0 Å². The van der Waals surface area contributed by atoms with Crippen molar-refractivity contribution in [2.45, 2.75) is 9.79 Å². The summed E-state index contributed by atoms with van der Waals surface area (Å²) in [7, 11) is 0. The Labute approximate surface area is 155 Å². The fourth-order valence-corrected chi connectivity index (χ4v) is 3.53. The van der Waals surface area contributed by atoms with Crippen LogP contribution in [0.2, 0.25) is 0 Å². The topological polar surface area (TPSA) is 97.0 Å². The fraction of sp³-hybridized carbons (Fsp3) is 0.0625. The molecule has 0 aromatic heterocycles. The van der Waals surface area contributed by atoms with Crippen LogP contribution in [-0.4, -0.2) is 28.0 Å². The van der Waals surface area contributed by atoms with Crippen molar-refractivity contribution in [3.05, 3.63) is 64.0 Å². The number of nitro groups is 1. The van der Waals surface area contributed by atoms with Crippen LogP contribution in [0.4, 0.5) is 10.1 Å². The van der Waals surface area contributed by atoms with Gasteiger partial charge in [0, 0.05) is 16.5 Å². The van der Waals surface area contributed by atoms with Crippen LogP contribution < -0.4 is 5.32 Å². The number of benzene rings is 2. The number of hydrogen-bond donors (Lipinski definition) is 1. The number of hydrogen-bond acceptors (Lipinski definition) is 7. The number of halogens is 1. The van der Waals surface area contributed by atoms with Gasteiger partial charge in [-0.05, 0) is 30.3 Å². The summed E-state index contributed by atoms with van der Waals surface area (Å²) < 4.78 is 13.0. The minimum absolute atomic E-state index is 0.0838. The number of carbonyl (C=O) groups excluding carboxylic acids is 1. The van der Waals surface area contributed by atoms with Crippen LogP contribution >= 0.6 is 23.5 Å². The van der Waals surface area contributed by atoms with E-state index in [0.717, 1.165) is 0 Å². The minimum Gasteiger partial charge on any atom is -0.303 e. The summed E-state index contributed by atoms with van der Waals surface area (Å²) in [6.45, 7) is 0. The van der Waals surface area contributed by atoms with Gasteiger partial charge in [-0.1, -0.05) is 29.6 Å². The van der Waals surface area contributed by atoms with Crippen molar-refractivity contribution in [1.29, 1.82) is 0 Å². The first kappa shape index (κ1) is 18.1.